The minimum Gasteiger partial charge on any atom is -0.323 e. The van der Waals surface area contributed by atoms with E-state index in [4.69, 9.17) is 0 Å². The van der Waals surface area contributed by atoms with Crippen LogP contribution in [-0.2, 0) is 5.75 Å². The number of aromatic nitrogens is 2. The molecule has 0 saturated carbocycles. The fourth-order valence-electron chi connectivity index (χ4n) is 1.06. The van der Waals surface area contributed by atoms with Gasteiger partial charge in [0.25, 0.3) is 0 Å². The van der Waals surface area contributed by atoms with E-state index in [9.17, 15) is 0 Å². The van der Waals surface area contributed by atoms with Gasteiger partial charge in [-0.05, 0) is 35.5 Å². The molecule has 0 aromatic carbocycles. The van der Waals surface area contributed by atoms with E-state index in [0.29, 0.717) is 6.04 Å². The van der Waals surface area contributed by atoms with Crippen molar-refractivity contribution in [2.24, 2.45) is 0 Å². The molecule has 0 aliphatic carbocycles. The van der Waals surface area contributed by atoms with Crippen molar-refractivity contribution in [3.05, 3.63) is 16.6 Å². The second-order valence-electron chi connectivity index (χ2n) is 3.14. The van der Waals surface area contributed by atoms with Crippen molar-refractivity contribution >= 4 is 27.7 Å². The average molecular weight is 263 g/mol. The molecule has 0 spiro atoms. The molecule has 1 aromatic rings. The van der Waals surface area contributed by atoms with Gasteiger partial charge < -0.3 is 4.57 Å². The van der Waals surface area contributed by atoms with Crippen LogP contribution in [0, 0.1) is 0 Å². The maximum atomic E-state index is 4.43. The SMILES string of the molecule is CCSCc1cn(C(C)C)c(Br)n1. The van der Waals surface area contributed by atoms with Gasteiger partial charge in [-0.3, -0.25) is 0 Å². The summed E-state index contributed by atoms with van der Waals surface area (Å²) in [6.07, 6.45) is 2.12. The first-order valence-corrected chi connectivity index (χ1v) is 6.41. The first kappa shape index (κ1) is 11.1. The van der Waals surface area contributed by atoms with Crippen molar-refractivity contribution in [1.82, 2.24) is 9.55 Å². The summed E-state index contributed by atoms with van der Waals surface area (Å²) in [6.45, 7) is 6.48. The zero-order valence-corrected chi connectivity index (χ0v) is 10.7. The third kappa shape index (κ3) is 3.02. The van der Waals surface area contributed by atoms with Crippen LogP contribution in [0.5, 0.6) is 0 Å². The Bertz CT molecular complexity index is 271. The lowest BCUT2D eigenvalue weighted by molar-refractivity contribution is 0.586. The second kappa shape index (κ2) is 5.05. The van der Waals surface area contributed by atoms with Crippen molar-refractivity contribution in [2.75, 3.05) is 5.75 Å². The number of hydrogen-bond donors (Lipinski definition) is 0. The maximum absolute atomic E-state index is 4.43. The number of rotatable bonds is 4. The number of thioether (sulfide) groups is 1. The van der Waals surface area contributed by atoms with E-state index in [1.807, 2.05) is 11.8 Å². The summed E-state index contributed by atoms with van der Waals surface area (Å²) in [6, 6.07) is 0.474. The highest BCUT2D eigenvalue weighted by molar-refractivity contribution is 9.10. The van der Waals surface area contributed by atoms with Gasteiger partial charge in [-0.1, -0.05) is 6.92 Å². The van der Waals surface area contributed by atoms with E-state index in [2.05, 4.69) is 52.4 Å². The van der Waals surface area contributed by atoms with Crippen LogP contribution in [0.3, 0.4) is 0 Å². The molecular formula is C9H15BrN2S. The molecule has 74 valence electrons. The Morgan fingerprint density at radius 1 is 1.62 bits per heavy atom. The van der Waals surface area contributed by atoms with Crippen molar-refractivity contribution in [2.45, 2.75) is 32.6 Å². The lowest BCUT2D eigenvalue weighted by atomic mass is 10.4. The Kier molecular flexibility index (Phi) is 4.32. The summed E-state index contributed by atoms with van der Waals surface area (Å²) < 4.78 is 3.08. The van der Waals surface area contributed by atoms with E-state index in [1.165, 1.54) is 0 Å². The largest absolute Gasteiger partial charge is 0.323 e. The van der Waals surface area contributed by atoms with E-state index >= 15 is 0 Å². The topological polar surface area (TPSA) is 17.8 Å². The van der Waals surface area contributed by atoms with E-state index in [-0.39, 0.29) is 0 Å². The molecule has 0 N–H and O–H groups in total. The molecule has 0 unspecified atom stereocenters. The van der Waals surface area contributed by atoms with Crippen LogP contribution in [0.2, 0.25) is 0 Å². The summed E-state index contributed by atoms with van der Waals surface area (Å²) >= 11 is 5.35. The van der Waals surface area contributed by atoms with Gasteiger partial charge in [0.15, 0.2) is 4.73 Å². The van der Waals surface area contributed by atoms with Crippen LogP contribution >= 0.6 is 27.7 Å². The molecule has 2 nitrogen and oxygen atoms in total. The molecule has 0 fully saturated rings. The fraction of sp³-hybridized carbons (Fsp3) is 0.667. The Labute approximate surface area is 92.3 Å². The normalized spacial score (nSPS) is 11.2. The summed E-state index contributed by atoms with van der Waals surface area (Å²) in [5, 5.41) is 0. The highest BCUT2D eigenvalue weighted by Gasteiger charge is 2.07. The molecule has 0 radical (unpaired) electrons. The molecule has 1 rings (SSSR count). The average Bonchev–Trinajstić information content (AvgIpc) is 2.43. The Morgan fingerprint density at radius 2 is 2.31 bits per heavy atom. The van der Waals surface area contributed by atoms with Gasteiger partial charge >= 0.3 is 0 Å². The summed E-state index contributed by atoms with van der Waals surface area (Å²) in [5.41, 5.74) is 1.16. The van der Waals surface area contributed by atoms with Crippen molar-refractivity contribution in [1.29, 1.82) is 0 Å². The van der Waals surface area contributed by atoms with Gasteiger partial charge in [0.2, 0.25) is 0 Å². The van der Waals surface area contributed by atoms with Crippen molar-refractivity contribution in [3.63, 3.8) is 0 Å². The highest BCUT2D eigenvalue weighted by atomic mass is 79.9. The third-order valence-corrected chi connectivity index (χ3v) is 3.24. The van der Waals surface area contributed by atoms with Crippen LogP contribution < -0.4 is 0 Å². The number of hydrogen-bond acceptors (Lipinski definition) is 2. The van der Waals surface area contributed by atoms with Crippen LogP contribution in [0.25, 0.3) is 0 Å². The minimum absolute atomic E-state index is 0.474. The van der Waals surface area contributed by atoms with E-state index < -0.39 is 0 Å². The highest BCUT2D eigenvalue weighted by Crippen LogP contribution is 2.19. The smallest absolute Gasteiger partial charge is 0.177 e. The van der Waals surface area contributed by atoms with Crippen LogP contribution in [0.1, 0.15) is 32.5 Å². The van der Waals surface area contributed by atoms with Gasteiger partial charge in [-0.15, -0.1) is 0 Å². The van der Waals surface area contributed by atoms with Gasteiger partial charge in [0.1, 0.15) is 0 Å². The van der Waals surface area contributed by atoms with Gasteiger partial charge in [0.05, 0.1) is 5.69 Å². The minimum atomic E-state index is 0.474. The Balaban J connectivity index is 2.71. The van der Waals surface area contributed by atoms with Crippen LogP contribution in [0.15, 0.2) is 10.9 Å². The van der Waals surface area contributed by atoms with Gasteiger partial charge in [-0.25, -0.2) is 4.98 Å². The predicted molar refractivity (Wildman–Crippen MR) is 62.1 cm³/mol. The summed E-state index contributed by atoms with van der Waals surface area (Å²) in [5.74, 6) is 2.15. The zero-order valence-electron chi connectivity index (χ0n) is 8.25. The standard InChI is InChI=1S/C9H15BrN2S/c1-4-13-6-8-5-12(7(2)3)9(10)11-8/h5,7H,4,6H2,1-3H3. The van der Waals surface area contributed by atoms with E-state index in [0.717, 1.165) is 21.9 Å². The number of imidazole rings is 1. The molecule has 1 heterocycles. The quantitative estimate of drug-likeness (QED) is 0.827. The summed E-state index contributed by atoms with van der Waals surface area (Å²) in [7, 11) is 0. The summed E-state index contributed by atoms with van der Waals surface area (Å²) in [4.78, 5) is 4.43. The molecule has 0 saturated heterocycles. The number of nitrogens with zero attached hydrogens (tertiary/aromatic N) is 2. The first-order chi connectivity index (χ1) is 6.15. The maximum Gasteiger partial charge on any atom is 0.177 e. The monoisotopic (exact) mass is 262 g/mol. The lowest BCUT2D eigenvalue weighted by Crippen LogP contribution is -1.98. The van der Waals surface area contributed by atoms with Gasteiger partial charge in [-0.2, -0.15) is 11.8 Å². The van der Waals surface area contributed by atoms with Crippen molar-refractivity contribution < 1.29 is 0 Å². The molecule has 4 heteroatoms. The van der Waals surface area contributed by atoms with Crippen LogP contribution in [-0.4, -0.2) is 15.3 Å². The lowest BCUT2D eigenvalue weighted by Gasteiger charge is -2.06. The molecule has 0 atom stereocenters. The Hall–Kier alpha value is 0.0400. The van der Waals surface area contributed by atoms with E-state index in [1.54, 1.807) is 0 Å². The molecule has 0 aliphatic heterocycles. The molecule has 0 aliphatic rings. The van der Waals surface area contributed by atoms with Crippen LogP contribution in [0.4, 0.5) is 0 Å². The van der Waals surface area contributed by atoms with Crippen molar-refractivity contribution in [3.8, 4) is 0 Å². The molecular weight excluding hydrogens is 248 g/mol. The molecule has 0 bridgehead atoms. The molecule has 0 amide bonds. The Morgan fingerprint density at radius 3 is 2.77 bits per heavy atom. The van der Waals surface area contributed by atoms with Gasteiger partial charge in [0, 0.05) is 18.0 Å². The zero-order chi connectivity index (χ0) is 9.84. The first-order valence-electron chi connectivity index (χ1n) is 4.46. The number of halogens is 1. The fourth-order valence-corrected chi connectivity index (χ4v) is 2.35. The third-order valence-electron chi connectivity index (χ3n) is 1.75. The second-order valence-corrected chi connectivity index (χ2v) is 5.12. The molecule has 13 heavy (non-hydrogen) atoms. The molecule has 1 aromatic heterocycles. The predicted octanol–water partition coefficient (Wildman–Crippen LogP) is 3.48.